The smallest absolute Gasteiger partial charge is 0.308 e. The maximum absolute atomic E-state index is 12.9. The fourth-order valence-corrected chi connectivity index (χ4v) is 3.66. The predicted molar refractivity (Wildman–Crippen MR) is 94.7 cm³/mol. The number of amides is 1. The number of furan rings is 1. The maximum Gasteiger partial charge on any atom is 0.308 e. The van der Waals surface area contributed by atoms with E-state index >= 15 is 0 Å². The fraction of sp³-hybridized carbons (Fsp3) is 0.300. The van der Waals surface area contributed by atoms with Crippen molar-refractivity contribution in [1.82, 2.24) is 4.90 Å². The highest BCUT2D eigenvalue weighted by Crippen LogP contribution is 2.32. The minimum atomic E-state index is -0.843. The third-order valence-electron chi connectivity index (χ3n) is 5.08. The molecule has 1 saturated heterocycles. The number of carboxylic acid groups (broad SMARTS) is 1. The molecule has 0 spiro atoms. The second kappa shape index (κ2) is 5.92. The van der Waals surface area contributed by atoms with Gasteiger partial charge in [-0.15, -0.1) is 0 Å². The highest BCUT2D eigenvalue weighted by atomic mass is 16.4. The van der Waals surface area contributed by atoms with Crippen LogP contribution in [0.1, 0.15) is 29.0 Å². The Labute approximate surface area is 144 Å². The molecule has 3 aromatic rings. The zero-order chi connectivity index (χ0) is 17.6. The van der Waals surface area contributed by atoms with Gasteiger partial charge in [0.25, 0.3) is 5.91 Å². The van der Waals surface area contributed by atoms with Crippen molar-refractivity contribution >= 4 is 33.6 Å². The summed E-state index contributed by atoms with van der Waals surface area (Å²) in [5, 5.41) is 12.2. The van der Waals surface area contributed by atoms with Crippen LogP contribution >= 0.6 is 0 Å². The summed E-state index contributed by atoms with van der Waals surface area (Å²) >= 11 is 0. The van der Waals surface area contributed by atoms with Crippen LogP contribution in [-0.2, 0) is 4.79 Å². The van der Waals surface area contributed by atoms with E-state index in [1.165, 1.54) is 0 Å². The third kappa shape index (κ3) is 2.56. The van der Waals surface area contributed by atoms with Gasteiger partial charge in [0.2, 0.25) is 0 Å². The first-order valence-corrected chi connectivity index (χ1v) is 8.49. The first-order chi connectivity index (χ1) is 12.1. The van der Waals surface area contributed by atoms with Gasteiger partial charge in [-0.1, -0.05) is 36.4 Å². The van der Waals surface area contributed by atoms with Crippen LogP contribution in [0.3, 0.4) is 0 Å². The third-order valence-corrected chi connectivity index (χ3v) is 5.08. The lowest BCUT2D eigenvalue weighted by atomic mass is 9.98. The first kappa shape index (κ1) is 15.7. The Balaban J connectivity index is 1.76. The molecule has 1 atom stereocenters. The van der Waals surface area contributed by atoms with Crippen molar-refractivity contribution in [3.8, 4) is 0 Å². The molecule has 0 unspecified atom stereocenters. The summed E-state index contributed by atoms with van der Waals surface area (Å²) in [4.78, 5) is 25.8. The second-order valence-electron chi connectivity index (χ2n) is 6.65. The highest BCUT2D eigenvalue weighted by molar-refractivity contribution is 6.08. The summed E-state index contributed by atoms with van der Waals surface area (Å²) < 4.78 is 5.98. The molecule has 5 nitrogen and oxygen atoms in total. The Hall–Kier alpha value is -2.82. The predicted octanol–water partition coefficient (Wildman–Crippen LogP) is 3.83. The molecule has 0 saturated carbocycles. The number of hydrogen-bond donors (Lipinski definition) is 1. The van der Waals surface area contributed by atoms with Crippen molar-refractivity contribution in [3.05, 3.63) is 47.7 Å². The van der Waals surface area contributed by atoms with Crippen LogP contribution in [0.25, 0.3) is 21.7 Å². The Morgan fingerprint density at radius 2 is 1.96 bits per heavy atom. The number of carboxylic acids is 1. The van der Waals surface area contributed by atoms with E-state index < -0.39 is 11.9 Å². The molecule has 1 aromatic heterocycles. The summed E-state index contributed by atoms with van der Waals surface area (Å²) in [6, 6.07) is 11.9. The molecule has 4 rings (SSSR count). The van der Waals surface area contributed by atoms with E-state index in [2.05, 4.69) is 0 Å². The standard InChI is InChI=1S/C20H19NO4/c1-12-15-9-8-13-5-2-3-7-16(13)18(15)25-17(12)19(22)21-10-4-6-14(11-21)20(23)24/h2-3,5,7-9,14H,4,6,10-11H2,1H3,(H,23,24)/t14-/m0/s1. The first-order valence-electron chi connectivity index (χ1n) is 8.49. The minimum Gasteiger partial charge on any atom is -0.481 e. The largest absolute Gasteiger partial charge is 0.481 e. The van der Waals surface area contributed by atoms with E-state index in [4.69, 9.17) is 4.42 Å². The average Bonchev–Trinajstić information content (AvgIpc) is 2.98. The topological polar surface area (TPSA) is 70.8 Å². The number of benzene rings is 2. The number of piperidine rings is 1. The van der Waals surface area contributed by atoms with Crippen LogP contribution in [0.2, 0.25) is 0 Å². The quantitative estimate of drug-likeness (QED) is 0.771. The molecular weight excluding hydrogens is 318 g/mol. The lowest BCUT2D eigenvalue weighted by molar-refractivity contribution is -0.143. The summed E-state index contributed by atoms with van der Waals surface area (Å²) in [6.07, 6.45) is 1.31. The molecule has 1 N–H and O–H groups in total. The second-order valence-corrected chi connectivity index (χ2v) is 6.65. The fourth-order valence-electron chi connectivity index (χ4n) is 3.66. The molecule has 0 radical (unpaired) electrons. The Morgan fingerprint density at radius 1 is 1.16 bits per heavy atom. The molecule has 0 bridgehead atoms. The van der Waals surface area contributed by atoms with Crippen LogP contribution in [0.5, 0.6) is 0 Å². The number of carbonyl (C=O) groups excluding carboxylic acids is 1. The SMILES string of the molecule is Cc1c(C(=O)N2CCC[C@H](C(=O)O)C2)oc2c1ccc1ccccc12. The van der Waals surface area contributed by atoms with Crippen LogP contribution in [-0.4, -0.2) is 35.0 Å². The molecule has 5 heteroatoms. The molecular formula is C20H19NO4. The van der Waals surface area contributed by atoms with Crippen molar-refractivity contribution in [3.63, 3.8) is 0 Å². The van der Waals surface area contributed by atoms with Gasteiger partial charge in [0.15, 0.2) is 5.76 Å². The van der Waals surface area contributed by atoms with Gasteiger partial charge in [0, 0.05) is 29.4 Å². The summed E-state index contributed by atoms with van der Waals surface area (Å²) in [6.45, 7) is 2.69. The van der Waals surface area contributed by atoms with Gasteiger partial charge >= 0.3 is 5.97 Å². The summed E-state index contributed by atoms with van der Waals surface area (Å²) in [7, 11) is 0. The molecule has 0 aliphatic carbocycles. The average molecular weight is 337 g/mol. The van der Waals surface area contributed by atoms with Crippen LogP contribution in [0, 0.1) is 12.8 Å². The zero-order valence-electron chi connectivity index (χ0n) is 14.0. The number of rotatable bonds is 2. The Morgan fingerprint density at radius 3 is 2.76 bits per heavy atom. The normalized spacial score (nSPS) is 18.0. The van der Waals surface area contributed by atoms with Gasteiger partial charge in [0.1, 0.15) is 5.58 Å². The van der Waals surface area contributed by atoms with Gasteiger partial charge in [-0.05, 0) is 25.2 Å². The van der Waals surface area contributed by atoms with E-state index in [0.29, 0.717) is 30.7 Å². The van der Waals surface area contributed by atoms with Crippen LogP contribution < -0.4 is 0 Å². The number of likely N-dealkylation sites (tertiary alicyclic amines) is 1. The molecule has 128 valence electrons. The van der Waals surface area contributed by atoms with E-state index in [1.807, 2.05) is 43.3 Å². The van der Waals surface area contributed by atoms with Crippen molar-refractivity contribution in [2.45, 2.75) is 19.8 Å². The molecule has 1 fully saturated rings. The van der Waals surface area contributed by atoms with E-state index in [0.717, 1.165) is 21.7 Å². The molecule has 1 aliphatic rings. The Bertz CT molecular complexity index is 988. The lowest BCUT2D eigenvalue weighted by Gasteiger charge is -2.30. The number of nitrogens with zero attached hydrogens (tertiary/aromatic N) is 1. The van der Waals surface area contributed by atoms with Gasteiger partial charge in [-0.25, -0.2) is 0 Å². The number of aliphatic carboxylic acids is 1. The van der Waals surface area contributed by atoms with Gasteiger partial charge < -0.3 is 14.4 Å². The zero-order valence-corrected chi connectivity index (χ0v) is 14.0. The molecule has 2 aromatic carbocycles. The van der Waals surface area contributed by atoms with Crippen molar-refractivity contribution in [1.29, 1.82) is 0 Å². The van der Waals surface area contributed by atoms with Crippen molar-refractivity contribution < 1.29 is 19.1 Å². The van der Waals surface area contributed by atoms with Crippen LogP contribution in [0.4, 0.5) is 0 Å². The summed E-state index contributed by atoms with van der Waals surface area (Å²) in [5.41, 5.74) is 1.52. The van der Waals surface area contributed by atoms with Crippen molar-refractivity contribution in [2.24, 2.45) is 5.92 Å². The number of hydrogen-bond acceptors (Lipinski definition) is 3. The molecule has 2 heterocycles. The minimum absolute atomic E-state index is 0.219. The number of carbonyl (C=O) groups is 2. The summed E-state index contributed by atoms with van der Waals surface area (Å²) in [5.74, 6) is -1.24. The van der Waals surface area contributed by atoms with E-state index in [1.54, 1.807) is 4.90 Å². The lowest BCUT2D eigenvalue weighted by Crippen LogP contribution is -2.42. The molecule has 1 amide bonds. The maximum atomic E-state index is 12.9. The van der Waals surface area contributed by atoms with Gasteiger partial charge in [-0.2, -0.15) is 0 Å². The monoisotopic (exact) mass is 337 g/mol. The molecule has 25 heavy (non-hydrogen) atoms. The van der Waals surface area contributed by atoms with E-state index in [-0.39, 0.29) is 12.5 Å². The molecule has 1 aliphatic heterocycles. The van der Waals surface area contributed by atoms with Gasteiger partial charge in [0.05, 0.1) is 5.92 Å². The van der Waals surface area contributed by atoms with Gasteiger partial charge in [-0.3, -0.25) is 9.59 Å². The van der Waals surface area contributed by atoms with E-state index in [9.17, 15) is 14.7 Å². The number of aryl methyl sites for hydroxylation is 1. The number of fused-ring (bicyclic) bond motifs is 3. The van der Waals surface area contributed by atoms with Crippen molar-refractivity contribution in [2.75, 3.05) is 13.1 Å². The highest BCUT2D eigenvalue weighted by Gasteiger charge is 2.31. The Kier molecular flexibility index (Phi) is 3.71. The van der Waals surface area contributed by atoms with Crippen LogP contribution in [0.15, 0.2) is 40.8 Å².